The van der Waals surface area contributed by atoms with E-state index in [4.69, 9.17) is 21.1 Å². The molecule has 3 heterocycles. The lowest BCUT2D eigenvalue weighted by Crippen LogP contribution is -2.60. The molecule has 1 amide bonds. The molecule has 3 aromatic carbocycles. The van der Waals surface area contributed by atoms with Crippen LogP contribution in [0.25, 0.3) is 0 Å². The summed E-state index contributed by atoms with van der Waals surface area (Å²) >= 11 is 8.18. The molecule has 0 unspecified atom stereocenters. The molecule has 3 atom stereocenters. The number of halogens is 1. The molecule has 7 nitrogen and oxygen atoms in total. The molecule has 3 aromatic rings. The first-order chi connectivity index (χ1) is 18.4. The topological polar surface area (TPSA) is 84.9 Å². The lowest BCUT2D eigenvalue weighted by atomic mass is 9.57. The van der Waals surface area contributed by atoms with Gasteiger partial charge in [0.05, 0.1) is 14.2 Å². The lowest BCUT2D eigenvalue weighted by molar-refractivity contribution is -0.129. The number of hydrogen-bond donors (Lipinski definition) is 1. The third-order valence-electron chi connectivity index (χ3n) is 8.62. The highest BCUT2D eigenvalue weighted by Crippen LogP contribution is 2.70. The van der Waals surface area contributed by atoms with Crippen molar-refractivity contribution in [3.63, 3.8) is 0 Å². The predicted molar refractivity (Wildman–Crippen MR) is 145 cm³/mol. The number of hydrogen-bond acceptors (Lipinski definition) is 7. The highest BCUT2D eigenvalue weighted by molar-refractivity contribution is 7.99. The fourth-order valence-electron chi connectivity index (χ4n) is 7.29. The summed E-state index contributed by atoms with van der Waals surface area (Å²) in [5.74, 6) is 0.516. The SMILES string of the molecule is COc1ccc([C@H]2[C@@H]3CSCN3[C@@]3(C(=O)Nc4ccc(Cl)cc43)C23C(=O)c2ccccc2C3=O)cc1OC. The molecule has 3 aliphatic heterocycles. The van der Waals surface area contributed by atoms with Crippen LogP contribution in [0.2, 0.25) is 5.02 Å². The Morgan fingerprint density at radius 1 is 0.947 bits per heavy atom. The Kier molecular flexibility index (Phi) is 5.06. The van der Waals surface area contributed by atoms with Gasteiger partial charge in [-0.3, -0.25) is 19.3 Å². The van der Waals surface area contributed by atoms with E-state index in [1.54, 1.807) is 74.5 Å². The molecule has 2 fully saturated rings. The van der Waals surface area contributed by atoms with E-state index in [1.165, 1.54) is 0 Å². The average Bonchev–Trinajstić information content (AvgIpc) is 3.64. The van der Waals surface area contributed by atoms with E-state index in [-0.39, 0.29) is 23.5 Å². The number of carbonyl (C=O) groups excluding carboxylic acids is 3. The van der Waals surface area contributed by atoms with Gasteiger partial charge in [-0.1, -0.05) is 41.9 Å². The molecule has 7 rings (SSSR count). The van der Waals surface area contributed by atoms with Crippen LogP contribution in [-0.4, -0.2) is 54.3 Å². The van der Waals surface area contributed by atoms with Crippen LogP contribution < -0.4 is 14.8 Å². The van der Waals surface area contributed by atoms with Gasteiger partial charge in [-0.15, -0.1) is 11.8 Å². The number of rotatable bonds is 3. The largest absolute Gasteiger partial charge is 0.493 e. The maximum absolute atomic E-state index is 14.8. The summed E-state index contributed by atoms with van der Waals surface area (Å²) in [6.45, 7) is 0. The third kappa shape index (κ3) is 2.58. The molecule has 9 heteroatoms. The van der Waals surface area contributed by atoms with Crippen molar-refractivity contribution in [3.05, 3.63) is 87.9 Å². The number of ketones is 2. The molecule has 4 aliphatic rings. The summed E-state index contributed by atoms with van der Waals surface area (Å²) in [7, 11) is 3.11. The second-order valence-electron chi connectivity index (χ2n) is 10.00. The number of methoxy groups -OCH3 is 2. The van der Waals surface area contributed by atoms with Gasteiger partial charge in [0.1, 0.15) is 5.41 Å². The molecule has 192 valence electrons. The summed E-state index contributed by atoms with van der Waals surface area (Å²) in [5.41, 5.74) is -0.721. The van der Waals surface area contributed by atoms with Crippen LogP contribution >= 0.6 is 23.4 Å². The molecule has 2 saturated heterocycles. The maximum Gasteiger partial charge on any atom is 0.251 e. The zero-order chi connectivity index (χ0) is 26.4. The standard InChI is InChI=1S/C29H23ClN2O5S/c1-36-22-10-7-15(11-23(22)37-2)24-21-13-38-14-32(21)29(19-12-16(30)8-9-20(19)31-27(29)35)28(24)25(33)17-5-3-4-6-18(17)26(28)34/h3-12,21,24H,13-14H2,1-2H3,(H,31,35)/t21-,24-,29-/m0/s1. The van der Waals surface area contributed by atoms with Crippen molar-refractivity contribution in [2.75, 3.05) is 31.2 Å². The van der Waals surface area contributed by atoms with E-state index < -0.39 is 16.9 Å². The van der Waals surface area contributed by atoms with Crippen LogP contribution in [0, 0.1) is 5.41 Å². The maximum atomic E-state index is 14.8. The van der Waals surface area contributed by atoms with E-state index in [9.17, 15) is 14.4 Å². The summed E-state index contributed by atoms with van der Waals surface area (Å²) in [6, 6.07) is 17.3. The number of nitrogens with one attached hydrogen (secondary N) is 1. The van der Waals surface area contributed by atoms with Crippen molar-refractivity contribution in [3.8, 4) is 11.5 Å². The normalized spacial score (nSPS) is 26.6. The van der Waals surface area contributed by atoms with Gasteiger partial charge in [0, 0.05) is 51.0 Å². The number of fused-ring (bicyclic) bond motifs is 6. The highest BCUT2D eigenvalue weighted by atomic mass is 35.5. The first-order valence-electron chi connectivity index (χ1n) is 12.3. The summed E-state index contributed by atoms with van der Waals surface area (Å²) in [4.78, 5) is 46.0. The van der Waals surface area contributed by atoms with Gasteiger partial charge in [-0.25, -0.2) is 0 Å². The second kappa shape index (κ2) is 8.09. The lowest BCUT2D eigenvalue weighted by Gasteiger charge is -2.42. The summed E-state index contributed by atoms with van der Waals surface area (Å²) < 4.78 is 11.1. The van der Waals surface area contributed by atoms with E-state index in [1.807, 2.05) is 12.1 Å². The van der Waals surface area contributed by atoms with E-state index >= 15 is 0 Å². The molecular formula is C29H23ClN2O5S. The Labute approximate surface area is 228 Å². The number of carbonyl (C=O) groups is 3. The minimum atomic E-state index is -1.73. The van der Waals surface area contributed by atoms with Crippen molar-refractivity contribution in [2.45, 2.75) is 17.5 Å². The van der Waals surface area contributed by atoms with Crippen molar-refractivity contribution in [1.82, 2.24) is 4.90 Å². The average molecular weight is 547 g/mol. The highest BCUT2D eigenvalue weighted by Gasteiger charge is 2.82. The Balaban J connectivity index is 1.60. The number of nitrogens with zero attached hydrogens (tertiary/aromatic N) is 1. The zero-order valence-electron chi connectivity index (χ0n) is 20.6. The van der Waals surface area contributed by atoms with Crippen LogP contribution in [0.4, 0.5) is 5.69 Å². The summed E-state index contributed by atoms with van der Waals surface area (Å²) in [6.07, 6.45) is 0. The minimum Gasteiger partial charge on any atom is -0.493 e. The molecular weight excluding hydrogens is 524 g/mol. The number of ether oxygens (including phenoxy) is 2. The minimum absolute atomic E-state index is 0.268. The third-order valence-corrected chi connectivity index (χ3v) is 9.89. The Bertz CT molecular complexity index is 1540. The monoisotopic (exact) mass is 546 g/mol. The number of amides is 1. The van der Waals surface area contributed by atoms with Gasteiger partial charge in [0.2, 0.25) is 0 Å². The van der Waals surface area contributed by atoms with Gasteiger partial charge in [-0.05, 0) is 35.9 Å². The van der Waals surface area contributed by atoms with Crippen LogP contribution in [0.15, 0.2) is 60.7 Å². The van der Waals surface area contributed by atoms with Crippen molar-refractivity contribution in [1.29, 1.82) is 0 Å². The predicted octanol–water partition coefficient (Wildman–Crippen LogP) is 4.74. The molecule has 1 aliphatic carbocycles. The van der Waals surface area contributed by atoms with E-state index in [2.05, 4.69) is 10.2 Å². The van der Waals surface area contributed by atoms with Crippen molar-refractivity contribution >= 4 is 46.5 Å². The Morgan fingerprint density at radius 2 is 1.66 bits per heavy atom. The van der Waals surface area contributed by atoms with Gasteiger partial charge >= 0.3 is 0 Å². The van der Waals surface area contributed by atoms with Crippen molar-refractivity contribution in [2.24, 2.45) is 5.41 Å². The van der Waals surface area contributed by atoms with Gasteiger partial charge in [0.25, 0.3) is 5.91 Å². The second-order valence-corrected chi connectivity index (χ2v) is 11.4. The first kappa shape index (κ1) is 23.8. The quantitative estimate of drug-likeness (QED) is 0.475. The fraction of sp³-hybridized carbons (Fsp3) is 0.276. The van der Waals surface area contributed by atoms with Crippen LogP contribution in [0.5, 0.6) is 11.5 Å². The first-order valence-corrected chi connectivity index (χ1v) is 13.8. The van der Waals surface area contributed by atoms with Crippen molar-refractivity contribution < 1.29 is 23.9 Å². The van der Waals surface area contributed by atoms with Gasteiger partial charge in [0.15, 0.2) is 28.6 Å². The van der Waals surface area contributed by atoms with Crippen LogP contribution in [0.3, 0.4) is 0 Å². The molecule has 38 heavy (non-hydrogen) atoms. The van der Waals surface area contributed by atoms with Gasteiger partial charge < -0.3 is 14.8 Å². The number of Topliss-reactive ketones (excluding diaryl/α,β-unsaturated/α-hetero) is 2. The van der Waals surface area contributed by atoms with Crippen LogP contribution in [0.1, 0.15) is 37.8 Å². The summed E-state index contributed by atoms with van der Waals surface area (Å²) in [5, 5.41) is 3.44. The Morgan fingerprint density at radius 3 is 2.34 bits per heavy atom. The zero-order valence-corrected chi connectivity index (χ0v) is 22.2. The van der Waals surface area contributed by atoms with E-state index in [0.717, 1.165) is 5.56 Å². The number of benzene rings is 3. The molecule has 0 bridgehead atoms. The fourth-order valence-corrected chi connectivity index (χ4v) is 8.77. The molecule has 0 saturated carbocycles. The van der Waals surface area contributed by atoms with Gasteiger partial charge in [-0.2, -0.15) is 0 Å². The molecule has 1 N–H and O–H groups in total. The molecule has 2 spiro atoms. The Hall–Kier alpha value is -3.33. The molecule has 0 radical (unpaired) electrons. The number of anilines is 1. The molecule has 0 aromatic heterocycles. The smallest absolute Gasteiger partial charge is 0.251 e. The van der Waals surface area contributed by atoms with Crippen LogP contribution in [-0.2, 0) is 10.3 Å². The number of thioether (sulfide) groups is 1. The van der Waals surface area contributed by atoms with E-state index in [0.29, 0.717) is 50.5 Å².